The normalized spacial score (nSPS) is 12.4. The highest BCUT2D eigenvalue weighted by Gasteiger charge is 2.09. The summed E-state index contributed by atoms with van der Waals surface area (Å²) in [6, 6.07) is 10.4. The van der Waals surface area contributed by atoms with Crippen LogP contribution in [0.5, 0.6) is 0 Å². The van der Waals surface area contributed by atoms with Crippen molar-refractivity contribution in [2.45, 2.75) is 32.7 Å². The quantitative estimate of drug-likeness (QED) is 0.648. The Kier molecular flexibility index (Phi) is 8.71. The second kappa shape index (κ2) is 10.4. The number of carbonyl (C=O) groups excluding carboxylic acids is 1. The maximum absolute atomic E-state index is 11.7. The Labute approximate surface area is 128 Å². The van der Waals surface area contributed by atoms with Crippen LogP contribution < -0.4 is 11.1 Å². The smallest absolute Gasteiger partial charge is 0.220 e. The summed E-state index contributed by atoms with van der Waals surface area (Å²) in [6.07, 6.45) is 2.48. The van der Waals surface area contributed by atoms with Crippen molar-refractivity contribution in [3.05, 3.63) is 35.9 Å². The Morgan fingerprint density at radius 2 is 2.05 bits per heavy atom. The van der Waals surface area contributed by atoms with Crippen molar-refractivity contribution in [1.82, 2.24) is 10.2 Å². The van der Waals surface area contributed by atoms with E-state index in [1.807, 2.05) is 6.07 Å². The molecule has 0 aliphatic carbocycles. The molecule has 0 spiro atoms. The lowest BCUT2D eigenvalue weighted by molar-refractivity contribution is -0.122. The molecule has 1 rings (SSSR count). The lowest BCUT2D eigenvalue weighted by Crippen LogP contribution is -2.30. The van der Waals surface area contributed by atoms with Crippen LogP contribution in [0.1, 0.15) is 31.7 Å². The largest absolute Gasteiger partial charge is 0.356 e. The highest BCUT2D eigenvalue weighted by Crippen LogP contribution is 2.05. The zero-order valence-corrected chi connectivity index (χ0v) is 13.3. The number of carbonyl (C=O) groups is 1. The average Bonchev–Trinajstić information content (AvgIpc) is 2.50. The fourth-order valence-corrected chi connectivity index (χ4v) is 2.28. The third-order valence-electron chi connectivity index (χ3n) is 3.72. The van der Waals surface area contributed by atoms with Crippen LogP contribution in [0, 0.1) is 5.92 Å². The second-order valence-corrected chi connectivity index (χ2v) is 5.64. The van der Waals surface area contributed by atoms with Crippen molar-refractivity contribution >= 4 is 5.91 Å². The Morgan fingerprint density at radius 3 is 2.67 bits per heavy atom. The highest BCUT2D eigenvalue weighted by atomic mass is 16.1. The molecule has 0 fully saturated rings. The molecule has 0 aliphatic rings. The standard InChI is InChI=1S/C17H29N3O/c1-3-15(13-18)12-17(21)19-10-7-11-20(2)14-16-8-5-4-6-9-16/h4-6,8-9,15H,3,7,10-14,18H2,1-2H3,(H,19,21). The first kappa shape index (κ1) is 17.7. The van der Waals surface area contributed by atoms with Crippen molar-refractivity contribution in [2.24, 2.45) is 11.7 Å². The Bertz CT molecular complexity index is 390. The van der Waals surface area contributed by atoms with Gasteiger partial charge in [-0.25, -0.2) is 0 Å². The number of hydrogen-bond acceptors (Lipinski definition) is 3. The molecule has 0 saturated heterocycles. The van der Waals surface area contributed by atoms with Crippen molar-refractivity contribution < 1.29 is 4.79 Å². The van der Waals surface area contributed by atoms with Gasteiger partial charge in [0, 0.05) is 19.5 Å². The summed E-state index contributed by atoms with van der Waals surface area (Å²) in [4.78, 5) is 14.0. The molecule has 4 nitrogen and oxygen atoms in total. The number of benzene rings is 1. The lowest BCUT2D eigenvalue weighted by Gasteiger charge is -2.17. The summed E-state index contributed by atoms with van der Waals surface area (Å²) in [7, 11) is 2.11. The van der Waals surface area contributed by atoms with Crippen LogP contribution in [0.15, 0.2) is 30.3 Å². The summed E-state index contributed by atoms with van der Waals surface area (Å²) in [5, 5.41) is 2.98. The molecule has 4 heteroatoms. The van der Waals surface area contributed by atoms with Crippen molar-refractivity contribution in [2.75, 3.05) is 26.7 Å². The summed E-state index contributed by atoms with van der Waals surface area (Å²) in [6.45, 7) is 5.31. The van der Waals surface area contributed by atoms with Gasteiger partial charge in [0.1, 0.15) is 0 Å². The third kappa shape index (κ3) is 7.83. The van der Waals surface area contributed by atoms with E-state index in [0.717, 1.165) is 32.5 Å². The molecule has 21 heavy (non-hydrogen) atoms. The maximum Gasteiger partial charge on any atom is 0.220 e. The van der Waals surface area contributed by atoms with Crippen LogP contribution in [0.25, 0.3) is 0 Å². The molecule has 118 valence electrons. The topological polar surface area (TPSA) is 58.4 Å². The molecular weight excluding hydrogens is 262 g/mol. The van der Waals surface area contributed by atoms with Gasteiger partial charge in [-0.1, -0.05) is 43.7 Å². The van der Waals surface area contributed by atoms with Gasteiger partial charge in [0.2, 0.25) is 5.91 Å². The van der Waals surface area contributed by atoms with Gasteiger partial charge in [0.25, 0.3) is 0 Å². The molecule has 1 aromatic carbocycles. The summed E-state index contributed by atoms with van der Waals surface area (Å²) in [5.41, 5.74) is 6.93. The van der Waals surface area contributed by atoms with Gasteiger partial charge in [0.15, 0.2) is 0 Å². The molecule has 0 heterocycles. The van der Waals surface area contributed by atoms with E-state index in [2.05, 4.69) is 48.5 Å². The monoisotopic (exact) mass is 291 g/mol. The first-order valence-corrected chi connectivity index (χ1v) is 7.85. The van der Waals surface area contributed by atoms with Gasteiger partial charge < -0.3 is 16.0 Å². The van der Waals surface area contributed by atoms with E-state index in [9.17, 15) is 4.79 Å². The predicted octanol–water partition coefficient (Wildman–Crippen LogP) is 2.00. The van der Waals surface area contributed by atoms with E-state index in [-0.39, 0.29) is 5.91 Å². The van der Waals surface area contributed by atoms with Crippen LogP contribution in [0.3, 0.4) is 0 Å². The second-order valence-electron chi connectivity index (χ2n) is 5.64. The van der Waals surface area contributed by atoms with E-state index in [0.29, 0.717) is 18.9 Å². The minimum atomic E-state index is 0.123. The van der Waals surface area contributed by atoms with Gasteiger partial charge in [0.05, 0.1) is 0 Å². The molecule has 0 aromatic heterocycles. The van der Waals surface area contributed by atoms with Gasteiger partial charge >= 0.3 is 0 Å². The average molecular weight is 291 g/mol. The molecule has 3 N–H and O–H groups in total. The number of amides is 1. The van der Waals surface area contributed by atoms with E-state index in [1.165, 1.54) is 5.56 Å². The van der Waals surface area contributed by atoms with Gasteiger partial charge in [-0.05, 0) is 38.0 Å². The summed E-state index contributed by atoms with van der Waals surface area (Å²) < 4.78 is 0. The Balaban J connectivity index is 2.12. The first-order chi connectivity index (χ1) is 10.2. The fourth-order valence-electron chi connectivity index (χ4n) is 2.28. The number of nitrogens with one attached hydrogen (secondary N) is 1. The van der Waals surface area contributed by atoms with E-state index in [4.69, 9.17) is 5.73 Å². The maximum atomic E-state index is 11.7. The van der Waals surface area contributed by atoms with Crippen LogP contribution >= 0.6 is 0 Å². The lowest BCUT2D eigenvalue weighted by atomic mass is 10.0. The molecule has 0 saturated carbocycles. The van der Waals surface area contributed by atoms with E-state index >= 15 is 0 Å². The number of nitrogens with zero attached hydrogens (tertiary/aromatic N) is 1. The van der Waals surface area contributed by atoms with Crippen LogP contribution in [-0.2, 0) is 11.3 Å². The van der Waals surface area contributed by atoms with Crippen LogP contribution in [0.2, 0.25) is 0 Å². The molecule has 0 radical (unpaired) electrons. The van der Waals surface area contributed by atoms with E-state index < -0.39 is 0 Å². The van der Waals surface area contributed by atoms with Crippen LogP contribution in [-0.4, -0.2) is 37.5 Å². The number of hydrogen-bond donors (Lipinski definition) is 2. The van der Waals surface area contributed by atoms with Crippen molar-refractivity contribution in [3.63, 3.8) is 0 Å². The SMILES string of the molecule is CCC(CN)CC(=O)NCCCN(C)Cc1ccccc1. The van der Waals surface area contributed by atoms with Crippen LogP contribution in [0.4, 0.5) is 0 Å². The molecule has 1 atom stereocenters. The predicted molar refractivity (Wildman–Crippen MR) is 87.9 cm³/mol. The number of rotatable bonds is 10. The minimum Gasteiger partial charge on any atom is -0.356 e. The molecule has 1 unspecified atom stereocenters. The molecule has 1 aromatic rings. The zero-order chi connectivity index (χ0) is 15.5. The fraction of sp³-hybridized carbons (Fsp3) is 0.588. The van der Waals surface area contributed by atoms with E-state index in [1.54, 1.807) is 0 Å². The van der Waals surface area contributed by atoms with Gasteiger partial charge in [-0.2, -0.15) is 0 Å². The van der Waals surface area contributed by atoms with Crippen molar-refractivity contribution in [1.29, 1.82) is 0 Å². The first-order valence-electron chi connectivity index (χ1n) is 7.85. The molecule has 1 amide bonds. The summed E-state index contributed by atoms with van der Waals surface area (Å²) in [5.74, 6) is 0.434. The van der Waals surface area contributed by atoms with Gasteiger partial charge in [-0.15, -0.1) is 0 Å². The Morgan fingerprint density at radius 1 is 1.33 bits per heavy atom. The zero-order valence-electron chi connectivity index (χ0n) is 13.3. The molecule has 0 bridgehead atoms. The summed E-state index contributed by atoms with van der Waals surface area (Å²) >= 11 is 0. The van der Waals surface area contributed by atoms with Gasteiger partial charge in [-0.3, -0.25) is 4.79 Å². The Hall–Kier alpha value is -1.39. The third-order valence-corrected chi connectivity index (χ3v) is 3.72. The van der Waals surface area contributed by atoms with Crippen molar-refractivity contribution in [3.8, 4) is 0 Å². The minimum absolute atomic E-state index is 0.123. The highest BCUT2D eigenvalue weighted by molar-refractivity contribution is 5.76. The molecule has 0 aliphatic heterocycles. The molecular formula is C17H29N3O. The number of nitrogens with two attached hydrogens (primary N) is 1.